The predicted octanol–water partition coefficient (Wildman–Crippen LogP) is 2.23. The van der Waals surface area contributed by atoms with Crippen LogP contribution in [0.2, 0.25) is 0 Å². The number of hydrogen-bond donors (Lipinski definition) is 1. The number of carbonyl (C=O) groups is 1. The molecular formula is C13H18ClN3O. The molecule has 0 aromatic carbocycles. The third kappa shape index (κ3) is 2.99. The van der Waals surface area contributed by atoms with E-state index < -0.39 is 0 Å². The molecule has 98 valence electrons. The molecule has 1 aliphatic carbocycles. The molecule has 1 aliphatic rings. The van der Waals surface area contributed by atoms with Gasteiger partial charge in [0, 0.05) is 11.9 Å². The van der Waals surface area contributed by atoms with Gasteiger partial charge in [0.15, 0.2) is 0 Å². The average molecular weight is 268 g/mol. The Kier molecular flexibility index (Phi) is 4.17. The van der Waals surface area contributed by atoms with Gasteiger partial charge in [0.05, 0.1) is 17.0 Å². The van der Waals surface area contributed by atoms with Crippen LogP contribution in [0.5, 0.6) is 0 Å². The van der Waals surface area contributed by atoms with Gasteiger partial charge >= 0.3 is 0 Å². The average Bonchev–Trinajstić information content (AvgIpc) is 2.75. The lowest BCUT2D eigenvalue weighted by molar-refractivity contribution is 0.0946. The van der Waals surface area contributed by atoms with Crippen molar-refractivity contribution in [2.75, 3.05) is 6.54 Å². The maximum absolute atomic E-state index is 12.1. The second-order valence-electron chi connectivity index (χ2n) is 4.90. The van der Waals surface area contributed by atoms with Crippen molar-refractivity contribution in [3.63, 3.8) is 0 Å². The predicted molar refractivity (Wildman–Crippen MR) is 70.8 cm³/mol. The summed E-state index contributed by atoms with van der Waals surface area (Å²) in [6.45, 7) is 4.27. The lowest BCUT2D eigenvalue weighted by atomic mass is 10.1. The summed E-state index contributed by atoms with van der Waals surface area (Å²) >= 11 is 6.19. The van der Waals surface area contributed by atoms with Crippen molar-refractivity contribution in [2.45, 2.75) is 38.5 Å². The van der Waals surface area contributed by atoms with Crippen LogP contribution in [0, 0.1) is 19.8 Å². The van der Waals surface area contributed by atoms with Gasteiger partial charge in [-0.2, -0.15) is 10.2 Å². The summed E-state index contributed by atoms with van der Waals surface area (Å²) in [6.07, 6.45) is 3.31. The minimum Gasteiger partial charge on any atom is -0.352 e. The summed E-state index contributed by atoms with van der Waals surface area (Å²) in [5, 5.41) is 11.0. The zero-order valence-electron chi connectivity index (χ0n) is 10.7. The molecule has 0 radical (unpaired) electrons. The Morgan fingerprint density at radius 1 is 1.44 bits per heavy atom. The Hall–Kier alpha value is -1.16. The van der Waals surface area contributed by atoms with Crippen LogP contribution in [-0.2, 0) is 0 Å². The number of alkyl halides is 1. The highest BCUT2D eigenvalue weighted by atomic mass is 35.5. The lowest BCUT2D eigenvalue weighted by Gasteiger charge is -2.14. The van der Waals surface area contributed by atoms with Crippen LogP contribution in [0.25, 0.3) is 0 Å². The first-order valence-corrected chi connectivity index (χ1v) is 6.74. The van der Waals surface area contributed by atoms with Gasteiger partial charge in [0.1, 0.15) is 0 Å². The molecule has 2 atom stereocenters. The smallest absolute Gasteiger partial charge is 0.253 e. The van der Waals surface area contributed by atoms with E-state index in [2.05, 4.69) is 15.5 Å². The van der Waals surface area contributed by atoms with Crippen LogP contribution in [0.15, 0.2) is 6.07 Å². The maximum Gasteiger partial charge on any atom is 0.253 e. The first kappa shape index (κ1) is 13.3. The molecule has 1 saturated carbocycles. The highest BCUT2D eigenvalue weighted by Gasteiger charge is 2.25. The molecule has 1 heterocycles. The van der Waals surface area contributed by atoms with Crippen LogP contribution in [0.4, 0.5) is 0 Å². The highest BCUT2D eigenvalue weighted by Crippen LogP contribution is 2.29. The third-order valence-electron chi connectivity index (χ3n) is 3.44. The monoisotopic (exact) mass is 267 g/mol. The molecule has 1 amide bonds. The summed E-state index contributed by atoms with van der Waals surface area (Å²) in [6, 6.07) is 1.77. The summed E-state index contributed by atoms with van der Waals surface area (Å²) in [5.74, 6) is 0.313. The van der Waals surface area contributed by atoms with Gasteiger partial charge in [-0.15, -0.1) is 11.6 Å². The molecule has 1 aromatic rings. The van der Waals surface area contributed by atoms with Crippen molar-refractivity contribution in [1.29, 1.82) is 0 Å². The number of aryl methyl sites for hydroxylation is 2. The van der Waals surface area contributed by atoms with Gasteiger partial charge in [-0.3, -0.25) is 4.79 Å². The van der Waals surface area contributed by atoms with Crippen LogP contribution < -0.4 is 5.32 Å². The van der Waals surface area contributed by atoms with Crippen molar-refractivity contribution in [3.8, 4) is 0 Å². The fraction of sp³-hybridized carbons (Fsp3) is 0.615. The van der Waals surface area contributed by atoms with Crippen LogP contribution >= 0.6 is 11.6 Å². The largest absolute Gasteiger partial charge is 0.352 e. The molecule has 0 spiro atoms. The lowest BCUT2D eigenvalue weighted by Crippen LogP contribution is -2.31. The molecule has 0 bridgehead atoms. The van der Waals surface area contributed by atoms with Crippen molar-refractivity contribution < 1.29 is 4.79 Å². The fourth-order valence-corrected chi connectivity index (χ4v) is 2.69. The summed E-state index contributed by atoms with van der Waals surface area (Å²) < 4.78 is 0. The number of nitrogens with zero attached hydrogens (tertiary/aromatic N) is 2. The zero-order valence-corrected chi connectivity index (χ0v) is 11.5. The molecule has 18 heavy (non-hydrogen) atoms. The van der Waals surface area contributed by atoms with E-state index in [1.807, 2.05) is 6.92 Å². The molecular weight excluding hydrogens is 250 g/mol. The van der Waals surface area contributed by atoms with Gasteiger partial charge in [-0.05, 0) is 38.7 Å². The standard InChI is InChI=1S/C13H18ClN3O/c1-8-6-11(9(2)17-16-8)13(18)15-7-10-4-3-5-12(10)14/h6,10,12H,3-5,7H2,1-2H3,(H,15,18). The summed E-state index contributed by atoms with van der Waals surface area (Å²) in [7, 11) is 0. The van der Waals surface area contributed by atoms with Gasteiger partial charge in [-0.1, -0.05) is 6.42 Å². The molecule has 0 saturated heterocycles. The van der Waals surface area contributed by atoms with Gasteiger partial charge in [-0.25, -0.2) is 0 Å². The minimum atomic E-state index is -0.0822. The molecule has 2 unspecified atom stereocenters. The van der Waals surface area contributed by atoms with E-state index in [-0.39, 0.29) is 11.3 Å². The van der Waals surface area contributed by atoms with E-state index in [0.29, 0.717) is 23.7 Å². The number of nitrogens with one attached hydrogen (secondary N) is 1. The number of halogens is 1. The van der Waals surface area contributed by atoms with E-state index in [9.17, 15) is 4.79 Å². The maximum atomic E-state index is 12.1. The van der Waals surface area contributed by atoms with Gasteiger partial charge < -0.3 is 5.32 Å². The molecule has 1 N–H and O–H groups in total. The second-order valence-corrected chi connectivity index (χ2v) is 5.46. The first-order valence-electron chi connectivity index (χ1n) is 6.31. The van der Waals surface area contributed by atoms with Crippen LogP contribution in [0.3, 0.4) is 0 Å². The SMILES string of the molecule is Cc1cc(C(=O)NCC2CCCC2Cl)c(C)nn1. The number of rotatable bonds is 3. The normalized spacial score (nSPS) is 23.1. The Bertz CT molecular complexity index is 450. The minimum absolute atomic E-state index is 0.0822. The van der Waals surface area contributed by atoms with E-state index in [1.54, 1.807) is 13.0 Å². The fourth-order valence-electron chi connectivity index (χ4n) is 2.32. The second kappa shape index (κ2) is 5.65. The molecule has 2 rings (SSSR count). The van der Waals surface area contributed by atoms with E-state index in [0.717, 1.165) is 25.0 Å². The Labute approximate surface area is 112 Å². The summed E-state index contributed by atoms with van der Waals surface area (Å²) in [4.78, 5) is 12.1. The molecule has 0 aliphatic heterocycles. The van der Waals surface area contributed by atoms with Crippen molar-refractivity contribution >= 4 is 17.5 Å². The Balaban J connectivity index is 1.97. The Morgan fingerprint density at radius 2 is 2.22 bits per heavy atom. The summed E-state index contributed by atoms with van der Waals surface area (Å²) in [5.41, 5.74) is 2.01. The van der Waals surface area contributed by atoms with Gasteiger partial charge in [0.25, 0.3) is 5.91 Å². The van der Waals surface area contributed by atoms with Crippen molar-refractivity contribution in [2.24, 2.45) is 5.92 Å². The number of carbonyl (C=O) groups excluding carboxylic acids is 1. The van der Waals surface area contributed by atoms with Gasteiger partial charge in [0.2, 0.25) is 0 Å². The van der Waals surface area contributed by atoms with E-state index >= 15 is 0 Å². The number of hydrogen-bond acceptors (Lipinski definition) is 3. The van der Waals surface area contributed by atoms with E-state index in [4.69, 9.17) is 11.6 Å². The quantitative estimate of drug-likeness (QED) is 0.855. The Morgan fingerprint density at radius 3 is 2.89 bits per heavy atom. The van der Waals surface area contributed by atoms with Crippen molar-refractivity contribution in [3.05, 3.63) is 23.0 Å². The molecule has 4 nitrogen and oxygen atoms in total. The number of amides is 1. The molecule has 1 aromatic heterocycles. The molecule has 1 fully saturated rings. The highest BCUT2D eigenvalue weighted by molar-refractivity contribution is 6.21. The van der Waals surface area contributed by atoms with Crippen LogP contribution in [0.1, 0.15) is 41.0 Å². The molecule has 5 heteroatoms. The van der Waals surface area contributed by atoms with Crippen molar-refractivity contribution in [1.82, 2.24) is 15.5 Å². The van der Waals surface area contributed by atoms with Crippen LogP contribution in [-0.4, -0.2) is 28.0 Å². The third-order valence-corrected chi connectivity index (χ3v) is 4.01. The number of aromatic nitrogens is 2. The zero-order chi connectivity index (χ0) is 13.1. The first-order chi connectivity index (χ1) is 8.58. The topological polar surface area (TPSA) is 54.9 Å². The van der Waals surface area contributed by atoms with E-state index in [1.165, 1.54) is 0 Å².